The van der Waals surface area contributed by atoms with Gasteiger partial charge in [-0.25, -0.2) is 17.9 Å². The van der Waals surface area contributed by atoms with E-state index >= 15 is 0 Å². The number of aryl methyl sites for hydroxylation is 1. The maximum atomic E-state index is 13.1. The van der Waals surface area contributed by atoms with Gasteiger partial charge in [0.15, 0.2) is 0 Å². The van der Waals surface area contributed by atoms with Crippen molar-refractivity contribution >= 4 is 45.0 Å². The van der Waals surface area contributed by atoms with Crippen molar-refractivity contribution < 1.29 is 27.9 Å². The fourth-order valence-electron chi connectivity index (χ4n) is 3.62. The highest BCUT2D eigenvalue weighted by Crippen LogP contribution is 2.32. The molecule has 172 valence electrons. The summed E-state index contributed by atoms with van der Waals surface area (Å²) in [7, 11) is -3.03. The largest absolute Gasteiger partial charge is 0.452 e. The molecule has 11 heteroatoms. The zero-order valence-corrected chi connectivity index (χ0v) is 18.9. The molecule has 0 aromatic heterocycles. The quantitative estimate of drug-likeness (QED) is 0.554. The molecule has 2 aromatic rings. The maximum absolute atomic E-state index is 13.1. The van der Waals surface area contributed by atoms with Gasteiger partial charge in [0.05, 0.1) is 12.0 Å². The van der Waals surface area contributed by atoms with E-state index in [1.54, 1.807) is 10.8 Å². The van der Waals surface area contributed by atoms with Gasteiger partial charge >= 0.3 is 6.09 Å². The minimum atomic E-state index is -4.09. The van der Waals surface area contributed by atoms with E-state index in [-0.39, 0.29) is 23.8 Å². The van der Waals surface area contributed by atoms with Crippen LogP contribution in [0.25, 0.3) is 0 Å². The number of anilines is 2. The van der Waals surface area contributed by atoms with Crippen LogP contribution in [-0.4, -0.2) is 51.8 Å². The Hall–Kier alpha value is -2.82. The molecule has 0 bridgehead atoms. The van der Waals surface area contributed by atoms with Crippen molar-refractivity contribution in [3.8, 4) is 0 Å². The predicted octanol–water partition coefficient (Wildman–Crippen LogP) is 2.53. The van der Waals surface area contributed by atoms with E-state index < -0.39 is 22.2 Å². The first-order chi connectivity index (χ1) is 15.2. The summed E-state index contributed by atoms with van der Waals surface area (Å²) in [5, 5.41) is 13.0. The number of hydrogen-bond donors (Lipinski definition) is 3. The molecule has 0 spiro atoms. The van der Waals surface area contributed by atoms with Gasteiger partial charge in [-0.2, -0.15) is 0 Å². The van der Waals surface area contributed by atoms with E-state index in [1.807, 2.05) is 17.0 Å². The monoisotopic (exact) mass is 481 g/mol. The lowest BCUT2D eigenvalue weighted by atomic mass is 9.98. The van der Waals surface area contributed by atoms with Crippen molar-refractivity contribution in [2.45, 2.75) is 30.2 Å². The molecule has 1 unspecified atom stereocenters. The van der Waals surface area contributed by atoms with Crippen molar-refractivity contribution in [3.63, 3.8) is 0 Å². The molecule has 0 radical (unpaired) electrons. The van der Waals surface area contributed by atoms with Gasteiger partial charge in [-0.05, 0) is 67.3 Å². The number of methoxy groups -OCH3 is 1. The molecule has 1 atom stereocenters. The second-order valence-corrected chi connectivity index (χ2v) is 9.33. The minimum Gasteiger partial charge on any atom is -0.452 e. The fourth-order valence-corrected chi connectivity index (χ4v) is 4.73. The highest BCUT2D eigenvalue weighted by molar-refractivity contribution is 7.90. The fraction of sp³-hybridized carbons (Fsp3) is 0.333. The highest BCUT2D eigenvalue weighted by atomic mass is 35.5. The molecule has 1 aliphatic heterocycles. The van der Waals surface area contributed by atoms with Gasteiger partial charge in [0.25, 0.3) is 10.0 Å². The summed E-state index contributed by atoms with van der Waals surface area (Å²) >= 11 is 6.11. The number of carbonyl (C=O) groups excluding carboxylic acids is 2. The lowest BCUT2D eigenvalue weighted by molar-refractivity contribution is -0.117. The Morgan fingerprint density at radius 1 is 1.22 bits per heavy atom. The molecule has 2 amide bonds. The van der Waals surface area contributed by atoms with E-state index in [4.69, 9.17) is 11.6 Å². The van der Waals surface area contributed by atoms with Crippen LogP contribution in [0.1, 0.15) is 18.4 Å². The van der Waals surface area contributed by atoms with Gasteiger partial charge in [-0.3, -0.25) is 4.79 Å². The Kier molecular flexibility index (Phi) is 7.60. The molecule has 0 saturated carbocycles. The number of halogens is 1. The van der Waals surface area contributed by atoms with E-state index in [0.29, 0.717) is 17.3 Å². The summed E-state index contributed by atoms with van der Waals surface area (Å²) in [6, 6.07) is 10.3. The van der Waals surface area contributed by atoms with Crippen LogP contribution in [0.5, 0.6) is 0 Å². The summed E-state index contributed by atoms with van der Waals surface area (Å²) in [5.74, 6) is -0.329. The third kappa shape index (κ3) is 5.50. The van der Waals surface area contributed by atoms with E-state index in [9.17, 15) is 23.1 Å². The predicted molar refractivity (Wildman–Crippen MR) is 120 cm³/mol. The molecule has 0 aliphatic carbocycles. The van der Waals surface area contributed by atoms with E-state index in [0.717, 1.165) is 31.2 Å². The topological polar surface area (TPSA) is 125 Å². The van der Waals surface area contributed by atoms with Crippen LogP contribution in [-0.2, 0) is 26.0 Å². The second-order valence-electron chi connectivity index (χ2n) is 7.21. The second kappa shape index (κ2) is 10.2. The number of nitrogens with zero attached hydrogens (tertiary/aromatic N) is 1. The Bertz CT molecular complexity index is 1090. The normalized spacial score (nSPS) is 14.3. The van der Waals surface area contributed by atoms with Crippen molar-refractivity contribution in [1.82, 2.24) is 4.72 Å². The van der Waals surface area contributed by atoms with Gasteiger partial charge in [-0.15, -0.1) is 0 Å². The minimum absolute atomic E-state index is 0.158. The SMILES string of the molecule is COC(=O)NS(=O)(=O)c1ccc(NC(=O)C(CCO)N2CCCc3cc(Cl)ccc32)cc1. The number of fused-ring (bicyclic) bond motifs is 1. The van der Waals surface area contributed by atoms with Crippen molar-refractivity contribution in [2.75, 3.05) is 30.5 Å². The molecule has 3 rings (SSSR count). The molecule has 1 heterocycles. The molecule has 2 aromatic carbocycles. The van der Waals surface area contributed by atoms with Gasteiger partial charge in [-0.1, -0.05) is 11.6 Å². The third-order valence-electron chi connectivity index (χ3n) is 5.11. The van der Waals surface area contributed by atoms with Crippen molar-refractivity contribution in [1.29, 1.82) is 0 Å². The Labute approximate surface area is 191 Å². The lowest BCUT2D eigenvalue weighted by Gasteiger charge is -2.37. The first kappa shape index (κ1) is 23.8. The standard InChI is InChI=1S/C21H24ClN3O6S/c1-31-21(28)24-32(29,30)17-7-5-16(6-8-17)23-20(27)19(10-12-26)25-11-2-3-14-13-15(22)4-9-18(14)25/h4-9,13,19,26H,2-3,10-12H2,1H3,(H,23,27)(H,24,28). The average molecular weight is 482 g/mol. The summed E-state index contributed by atoms with van der Waals surface area (Å²) < 4.78 is 30.3. The molecule has 0 saturated heterocycles. The number of aliphatic hydroxyl groups is 1. The van der Waals surface area contributed by atoms with Gasteiger partial charge in [0.2, 0.25) is 5.91 Å². The van der Waals surface area contributed by atoms with Crippen LogP contribution in [0.2, 0.25) is 5.02 Å². The molecular formula is C21H24ClN3O6S. The maximum Gasteiger partial charge on any atom is 0.420 e. The summed E-state index contributed by atoms with van der Waals surface area (Å²) in [6.07, 6.45) is 0.832. The number of nitrogens with one attached hydrogen (secondary N) is 2. The number of amides is 2. The number of benzene rings is 2. The van der Waals surface area contributed by atoms with Gasteiger partial charge in [0.1, 0.15) is 6.04 Å². The van der Waals surface area contributed by atoms with Crippen molar-refractivity contribution in [2.24, 2.45) is 0 Å². The van der Waals surface area contributed by atoms with Crippen LogP contribution >= 0.6 is 11.6 Å². The summed E-state index contributed by atoms with van der Waals surface area (Å²) in [6.45, 7) is 0.483. The Morgan fingerprint density at radius 3 is 2.59 bits per heavy atom. The zero-order chi connectivity index (χ0) is 23.3. The smallest absolute Gasteiger partial charge is 0.420 e. The molecule has 0 fully saturated rings. The summed E-state index contributed by atoms with van der Waals surface area (Å²) in [5.41, 5.74) is 2.33. The molecule has 1 aliphatic rings. The van der Waals surface area contributed by atoms with Crippen LogP contribution in [0.4, 0.5) is 16.2 Å². The summed E-state index contributed by atoms with van der Waals surface area (Å²) in [4.78, 5) is 26.1. The molecule has 32 heavy (non-hydrogen) atoms. The van der Waals surface area contributed by atoms with Crippen LogP contribution in [0, 0.1) is 0 Å². The molecular weight excluding hydrogens is 458 g/mol. The highest BCUT2D eigenvalue weighted by Gasteiger charge is 2.29. The third-order valence-corrected chi connectivity index (χ3v) is 6.68. The Morgan fingerprint density at radius 2 is 1.94 bits per heavy atom. The number of ether oxygens (including phenoxy) is 1. The van der Waals surface area contributed by atoms with Crippen LogP contribution < -0.4 is 14.9 Å². The number of carbonyl (C=O) groups is 2. The average Bonchev–Trinajstić information content (AvgIpc) is 2.76. The number of aliphatic hydroxyl groups excluding tert-OH is 1. The Balaban J connectivity index is 1.77. The number of rotatable bonds is 7. The first-order valence-electron chi connectivity index (χ1n) is 9.93. The van der Waals surface area contributed by atoms with Crippen molar-refractivity contribution in [3.05, 3.63) is 53.1 Å². The number of hydrogen-bond acceptors (Lipinski definition) is 7. The van der Waals surface area contributed by atoms with Crippen LogP contribution in [0.15, 0.2) is 47.4 Å². The zero-order valence-electron chi connectivity index (χ0n) is 17.4. The van der Waals surface area contributed by atoms with Gasteiger partial charge < -0.3 is 20.1 Å². The van der Waals surface area contributed by atoms with Crippen LogP contribution in [0.3, 0.4) is 0 Å². The number of sulfonamides is 1. The molecule has 3 N–H and O–H groups in total. The van der Waals surface area contributed by atoms with Gasteiger partial charge in [0, 0.05) is 29.5 Å². The molecule has 9 nitrogen and oxygen atoms in total. The first-order valence-corrected chi connectivity index (χ1v) is 11.8. The lowest BCUT2D eigenvalue weighted by Crippen LogP contribution is -2.47. The van der Waals surface area contributed by atoms with E-state index in [2.05, 4.69) is 10.1 Å². The van der Waals surface area contributed by atoms with E-state index in [1.165, 1.54) is 24.3 Å².